The molecule has 0 spiro atoms. The molecule has 3 heterocycles. The average Bonchev–Trinajstić information content (AvgIpc) is 3.29. The fraction of sp³-hybridized carbons (Fsp3) is 0.286. The van der Waals surface area contributed by atoms with E-state index in [-0.39, 0.29) is 18.1 Å². The molecule has 1 amide bonds. The zero-order valence-electron chi connectivity index (χ0n) is 16.0. The van der Waals surface area contributed by atoms with Crippen molar-refractivity contribution in [1.82, 2.24) is 9.97 Å². The van der Waals surface area contributed by atoms with Crippen molar-refractivity contribution in [1.29, 1.82) is 0 Å². The third kappa shape index (κ3) is 3.71. The van der Waals surface area contributed by atoms with Crippen LogP contribution in [0, 0.1) is 0 Å². The van der Waals surface area contributed by atoms with Gasteiger partial charge in [0.15, 0.2) is 23.2 Å². The van der Waals surface area contributed by atoms with Gasteiger partial charge in [0.2, 0.25) is 0 Å². The van der Waals surface area contributed by atoms with E-state index in [1.165, 1.54) is 16.2 Å². The zero-order valence-corrected chi connectivity index (χ0v) is 16.8. The van der Waals surface area contributed by atoms with Crippen LogP contribution in [0.25, 0.3) is 11.4 Å². The molecule has 0 saturated heterocycles. The highest BCUT2D eigenvalue weighted by molar-refractivity contribution is 7.14. The number of carbonyl (C=O) groups excluding carboxylic acids is 1. The van der Waals surface area contributed by atoms with E-state index in [1.54, 1.807) is 13.2 Å². The number of hydrogen-bond acceptors (Lipinski definition) is 6. The molecule has 4 rings (SSSR count). The molecular weight excluding hydrogens is 374 g/mol. The predicted molar refractivity (Wildman–Crippen MR) is 109 cm³/mol. The number of rotatable bonds is 5. The van der Waals surface area contributed by atoms with Crippen molar-refractivity contribution in [3.8, 4) is 22.9 Å². The van der Waals surface area contributed by atoms with E-state index in [0.717, 1.165) is 29.1 Å². The monoisotopic (exact) mass is 395 g/mol. The van der Waals surface area contributed by atoms with Crippen LogP contribution >= 0.6 is 11.3 Å². The normalized spacial score (nSPS) is 14.2. The Bertz CT molecular complexity index is 1000. The second kappa shape index (κ2) is 7.24. The van der Waals surface area contributed by atoms with Gasteiger partial charge in [-0.05, 0) is 32.0 Å². The summed E-state index contributed by atoms with van der Waals surface area (Å²) < 4.78 is 11.8. The molecule has 0 radical (unpaired) electrons. The molecule has 2 aromatic heterocycles. The third-order valence-corrected chi connectivity index (χ3v) is 5.40. The number of fused-ring (bicyclic) bond motifs is 1. The molecular formula is C21H21N3O3S. The number of nitrogens with zero attached hydrogens (tertiary/aromatic N) is 3. The van der Waals surface area contributed by atoms with Crippen LogP contribution in [0.5, 0.6) is 11.5 Å². The standard InChI is InChI=1S/C21H21N3O3S/c1-21(2)11-14-7-6-9-17(19(14)27-21)26-12-18(25)24(3)20-23-16(13-28-20)15-8-4-5-10-22-15/h4-10,13H,11-12H2,1-3H3. The summed E-state index contributed by atoms with van der Waals surface area (Å²) >= 11 is 1.40. The Morgan fingerprint density at radius 1 is 1.25 bits per heavy atom. The Balaban J connectivity index is 1.43. The number of hydrogen-bond donors (Lipinski definition) is 0. The van der Waals surface area contributed by atoms with Crippen LogP contribution in [0.1, 0.15) is 19.4 Å². The van der Waals surface area contributed by atoms with Crippen molar-refractivity contribution in [2.75, 3.05) is 18.6 Å². The fourth-order valence-corrected chi connectivity index (χ4v) is 3.90. The summed E-state index contributed by atoms with van der Waals surface area (Å²) in [6.07, 6.45) is 2.54. The van der Waals surface area contributed by atoms with Gasteiger partial charge in [-0.3, -0.25) is 14.7 Å². The Hall–Kier alpha value is -2.93. The second-order valence-corrected chi connectivity index (χ2v) is 8.09. The molecule has 0 bridgehead atoms. The molecule has 0 aliphatic carbocycles. The maximum absolute atomic E-state index is 12.6. The van der Waals surface area contributed by atoms with Gasteiger partial charge >= 0.3 is 0 Å². The number of ether oxygens (including phenoxy) is 2. The molecule has 7 heteroatoms. The SMILES string of the molecule is CN(C(=O)COc1cccc2c1OC(C)(C)C2)c1nc(-c2ccccn2)cs1. The number of likely N-dealkylation sites (N-methyl/N-ethyl adjacent to an activating group) is 1. The van der Waals surface area contributed by atoms with Gasteiger partial charge in [-0.1, -0.05) is 18.2 Å². The minimum Gasteiger partial charge on any atom is -0.483 e. The minimum atomic E-state index is -0.259. The van der Waals surface area contributed by atoms with Gasteiger partial charge in [0.1, 0.15) is 11.3 Å². The van der Waals surface area contributed by atoms with Crippen molar-refractivity contribution in [2.45, 2.75) is 25.9 Å². The summed E-state index contributed by atoms with van der Waals surface area (Å²) in [6, 6.07) is 11.4. The average molecular weight is 395 g/mol. The summed E-state index contributed by atoms with van der Waals surface area (Å²) in [7, 11) is 1.70. The number of benzene rings is 1. The highest BCUT2D eigenvalue weighted by Gasteiger charge is 2.32. The molecule has 1 aliphatic rings. The zero-order chi connectivity index (χ0) is 19.7. The maximum atomic E-state index is 12.6. The van der Waals surface area contributed by atoms with Gasteiger partial charge in [-0.15, -0.1) is 11.3 Å². The Morgan fingerprint density at radius 2 is 2.11 bits per heavy atom. The Morgan fingerprint density at radius 3 is 2.89 bits per heavy atom. The first-order chi connectivity index (χ1) is 13.4. The van der Waals surface area contributed by atoms with Gasteiger partial charge < -0.3 is 9.47 Å². The molecule has 1 aliphatic heterocycles. The molecule has 0 unspecified atom stereocenters. The van der Waals surface area contributed by atoms with Crippen molar-refractivity contribution in [3.63, 3.8) is 0 Å². The molecule has 0 atom stereocenters. The molecule has 6 nitrogen and oxygen atoms in total. The van der Waals surface area contributed by atoms with E-state index in [9.17, 15) is 4.79 Å². The summed E-state index contributed by atoms with van der Waals surface area (Å²) in [5.74, 6) is 1.14. The topological polar surface area (TPSA) is 64.6 Å². The number of para-hydroxylation sites is 1. The van der Waals surface area contributed by atoms with E-state index in [4.69, 9.17) is 9.47 Å². The van der Waals surface area contributed by atoms with Gasteiger partial charge in [0.05, 0.1) is 5.69 Å². The first kappa shape index (κ1) is 18.4. The highest BCUT2D eigenvalue weighted by Crippen LogP contribution is 2.41. The van der Waals surface area contributed by atoms with E-state index >= 15 is 0 Å². The molecule has 144 valence electrons. The number of carbonyl (C=O) groups is 1. The summed E-state index contributed by atoms with van der Waals surface area (Å²) in [5.41, 5.74) is 2.37. The summed E-state index contributed by atoms with van der Waals surface area (Å²) in [6.45, 7) is 3.99. The van der Waals surface area contributed by atoms with Crippen LogP contribution in [0.4, 0.5) is 5.13 Å². The van der Waals surface area contributed by atoms with Crippen LogP contribution in [-0.4, -0.2) is 35.1 Å². The second-order valence-electron chi connectivity index (χ2n) is 7.25. The summed E-state index contributed by atoms with van der Waals surface area (Å²) in [5, 5.41) is 2.49. The van der Waals surface area contributed by atoms with Crippen LogP contribution in [0.2, 0.25) is 0 Å². The molecule has 28 heavy (non-hydrogen) atoms. The largest absolute Gasteiger partial charge is 0.483 e. The van der Waals surface area contributed by atoms with E-state index in [0.29, 0.717) is 10.9 Å². The smallest absolute Gasteiger partial charge is 0.266 e. The quantitative estimate of drug-likeness (QED) is 0.654. The number of thiazole rings is 1. The van der Waals surface area contributed by atoms with Crippen LogP contribution in [-0.2, 0) is 11.2 Å². The Kier molecular flexibility index (Phi) is 4.77. The number of pyridine rings is 1. The minimum absolute atomic E-state index is 0.0881. The lowest BCUT2D eigenvalue weighted by molar-refractivity contribution is -0.120. The first-order valence-corrected chi connectivity index (χ1v) is 9.88. The highest BCUT2D eigenvalue weighted by atomic mass is 32.1. The lowest BCUT2D eigenvalue weighted by Gasteiger charge is -2.19. The fourth-order valence-electron chi connectivity index (χ4n) is 3.09. The lowest BCUT2D eigenvalue weighted by atomic mass is 10.0. The maximum Gasteiger partial charge on any atom is 0.266 e. The third-order valence-electron chi connectivity index (χ3n) is 4.49. The molecule has 0 N–H and O–H groups in total. The van der Waals surface area contributed by atoms with Crippen molar-refractivity contribution in [2.24, 2.45) is 0 Å². The molecule has 0 fully saturated rings. The molecule has 1 aromatic carbocycles. The van der Waals surface area contributed by atoms with E-state index in [2.05, 4.69) is 9.97 Å². The van der Waals surface area contributed by atoms with Crippen LogP contribution < -0.4 is 14.4 Å². The van der Waals surface area contributed by atoms with Gasteiger partial charge in [0, 0.05) is 30.6 Å². The van der Waals surface area contributed by atoms with Gasteiger partial charge in [-0.2, -0.15) is 0 Å². The van der Waals surface area contributed by atoms with Crippen LogP contribution in [0.15, 0.2) is 48.0 Å². The Labute approximate surface area is 167 Å². The predicted octanol–water partition coefficient (Wildman–Crippen LogP) is 3.96. The molecule has 3 aromatic rings. The number of aromatic nitrogens is 2. The number of amides is 1. The van der Waals surface area contributed by atoms with Crippen molar-refractivity contribution in [3.05, 3.63) is 53.5 Å². The molecule has 0 saturated carbocycles. The number of anilines is 1. The van der Waals surface area contributed by atoms with Gasteiger partial charge in [-0.25, -0.2) is 4.98 Å². The van der Waals surface area contributed by atoms with Crippen molar-refractivity contribution >= 4 is 22.4 Å². The van der Waals surface area contributed by atoms with Crippen molar-refractivity contribution < 1.29 is 14.3 Å². The lowest BCUT2D eigenvalue weighted by Crippen LogP contribution is -2.31. The first-order valence-electron chi connectivity index (χ1n) is 9.00. The summed E-state index contributed by atoms with van der Waals surface area (Å²) in [4.78, 5) is 22.9. The van der Waals surface area contributed by atoms with Crippen LogP contribution in [0.3, 0.4) is 0 Å². The van der Waals surface area contributed by atoms with E-state index in [1.807, 2.05) is 55.6 Å². The van der Waals surface area contributed by atoms with E-state index < -0.39 is 0 Å². The van der Waals surface area contributed by atoms with Gasteiger partial charge in [0.25, 0.3) is 5.91 Å².